The molecule has 1 saturated carbocycles. The van der Waals surface area contributed by atoms with Crippen molar-refractivity contribution < 1.29 is 9.32 Å². The summed E-state index contributed by atoms with van der Waals surface area (Å²) in [5.74, 6) is 2.91. The van der Waals surface area contributed by atoms with Gasteiger partial charge in [-0.3, -0.25) is 4.79 Å². The zero-order valence-electron chi connectivity index (χ0n) is 18.6. The Labute approximate surface area is 179 Å². The largest absolute Gasteiger partial charge is 0.355 e. The van der Waals surface area contributed by atoms with Crippen LogP contribution in [-0.4, -0.2) is 40.2 Å². The molecule has 2 aliphatic rings. The van der Waals surface area contributed by atoms with E-state index in [1.807, 2.05) is 6.92 Å². The van der Waals surface area contributed by atoms with Crippen molar-refractivity contribution in [3.05, 3.63) is 11.5 Å². The van der Waals surface area contributed by atoms with Crippen LogP contribution in [0.15, 0.2) is 4.52 Å². The molecular weight excluding hydrogens is 378 g/mol. The maximum Gasteiger partial charge on any atom is 0.263 e. The third kappa shape index (κ3) is 4.93. The van der Waals surface area contributed by atoms with Crippen molar-refractivity contribution >= 4 is 22.8 Å². The van der Waals surface area contributed by atoms with E-state index in [2.05, 4.69) is 34.2 Å². The summed E-state index contributed by atoms with van der Waals surface area (Å²) in [6.45, 7) is 8.47. The number of nitrogens with zero attached hydrogens (tertiary/aromatic N) is 4. The minimum absolute atomic E-state index is 0.0983. The summed E-state index contributed by atoms with van der Waals surface area (Å²) in [5, 5.41) is 8.25. The third-order valence-corrected chi connectivity index (χ3v) is 6.50. The van der Waals surface area contributed by atoms with Crippen LogP contribution in [0.3, 0.4) is 0 Å². The minimum atomic E-state index is 0.0983. The molecule has 3 heterocycles. The lowest BCUT2D eigenvalue weighted by Crippen LogP contribution is -2.39. The monoisotopic (exact) mass is 413 g/mol. The molecule has 0 aromatic carbocycles. The zero-order chi connectivity index (χ0) is 21.1. The first-order valence-electron chi connectivity index (χ1n) is 11.7. The number of carbonyl (C=O) groups excluding carboxylic acids is 1. The van der Waals surface area contributed by atoms with E-state index in [4.69, 9.17) is 9.51 Å². The van der Waals surface area contributed by atoms with Crippen LogP contribution in [0.25, 0.3) is 11.1 Å². The van der Waals surface area contributed by atoms with Crippen LogP contribution in [0.5, 0.6) is 0 Å². The van der Waals surface area contributed by atoms with Crippen molar-refractivity contribution in [3.8, 4) is 0 Å². The van der Waals surface area contributed by atoms with Crippen molar-refractivity contribution in [3.63, 3.8) is 0 Å². The first-order chi connectivity index (χ1) is 14.5. The highest BCUT2D eigenvalue weighted by atomic mass is 16.5. The quantitative estimate of drug-likeness (QED) is 0.740. The molecule has 1 saturated heterocycles. The van der Waals surface area contributed by atoms with Gasteiger partial charge in [-0.1, -0.05) is 44.7 Å². The Bertz CT molecular complexity index is 862. The topological polar surface area (TPSA) is 84.1 Å². The van der Waals surface area contributed by atoms with E-state index < -0.39 is 0 Å². The van der Waals surface area contributed by atoms with Gasteiger partial charge < -0.3 is 14.7 Å². The van der Waals surface area contributed by atoms with Gasteiger partial charge in [0.15, 0.2) is 0 Å². The molecule has 7 heteroatoms. The first-order valence-corrected chi connectivity index (χ1v) is 11.7. The number of aromatic nitrogens is 3. The molecule has 0 bridgehead atoms. The fourth-order valence-corrected chi connectivity index (χ4v) is 5.14. The second kappa shape index (κ2) is 9.31. The number of hydrogen-bond donors (Lipinski definition) is 1. The van der Waals surface area contributed by atoms with Crippen LogP contribution < -0.4 is 10.2 Å². The molecule has 2 fully saturated rings. The second-order valence-corrected chi connectivity index (χ2v) is 9.52. The third-order valence-electron chi connectivity index (χ3n) is 6.50. The average molecular weight is 414 g/mol. The van der Waals surface area contributed by atoms with Gasteiger partial charge in [0.2, 0.25) is 5.91 Å². The summed E-state index contributed by atoms with van der Waals surface area (Å²) in [7, 11) is 0. The second-order valence-electron chi connectivity index (χ2n) is 9.52. The number of anilines is 1. The number of nitrogens with one attached hydrogen (secondary N) is 1. The normalized spacial score (nSPS) is 23.5. The summed E-state index contributed by atoms with van der Waals surface area (Å²) in [5.41, 5.74) is 1.35. The molecule has 1 aliphatic carbocycles. The number of amides is 1. The van der Waals surface area contributed by atoms with Gasteiger partial charge in [-0.05, 0) is 38.0 Å². The van der Waals surface area contributed by atoms with Crippen molar-refractivity contribution in [1.82, 2.24) is 20.4 Å². The van der Waals surface area contributed by atoms with Crippen molar-refractivity contribution in [2.75, 3.05) is 18.0 Å². The standard InChI is InChI=1S/C23H35N5O2/c1-15-12-16(2)14-28(13-15)22-21-17(3)27-30-23(21)26-19(25-22)10-11-20(29)24-18-8-6-4-5-7-9-18/h15-16,18H,4-14H2,1-3H3,(H,24,29)/t15-,16-/m1/s1. The average Bonchev–Trinajstić information content (AvgIpc) is 2.90. The van der Waals surface area contributed by atoms with E-state index in [0.717, 1.165) is 42.8 Å². The summed E-state index contributed by atoms with van der Waals surface area (Å²) in [6.07, 6.45) is 9.35. The summed E-state index contributed by atoms with van der Waals surface area (Å²) in [4.78, 5) is 24.3. The molecule has 164 valence electrons. The van der Waals surface area contributed by atoms with E-state index in [1.165, 1.54) is 32.1 Å². The highest BCUT2D eigenvalue weighted by molar-refractivity contribution is 5.88. The highest BCUT2D eigenvalue weighted by Crippen LogP contribution is 2.32. The fourth-order valence-electron chi connectivity index (χ4n) is 5.14. The molecular formula is C23H35N5O2. The van der Waals surface area contributed by atoms with Crippen molar-refractivity contribution in [2.45, 2.75) is 84.6 Å². The van der Waals surface area contributed by atoms with Gasteiger partial charge >= 0.3 is 0 Å². The van der Waals surface area contributed by atoms with E-state index >= 15 is 0 Å². The van der Waals surface area contributed by atoms with Crippen LogP contribution in [0, 0.1) is 18.8 Å². The van der Waals surface area contributed by atoms with Crippen molar-refractivity contribution in [2.24, 2.45) is 11.8 Å². The van der Waals surface area contributed by atoms with Gasteiger partial charge in [0.1, 0.15) is 17.0 Å². The predicted octanol–water partition coefficient (Wildman–Crippen LogP) is 4.18. The van der Waals surface area contributed by atoms with Gasteiger partial charge in [-0.25, -0.2) is 4.98 Å². The number of hydrogen-bond acceptors (Lipinski definition) is 6. The Morgan fingerprint density at radius 1 is 1.10 bits per heavy atom. The summed E-state index contributed by atoms with van der Waals surface area (Å²) >= 11 is 0. The molecule has 2 aromatic heterocycles. The molecule has 30 heavy (non-hydrogen) atoms. The Kier molecular flexibility index (Phi) is 6.54. The van der Waals surface area contributed by atoms with E-state index in [1.54, 1.807) is 0 Å². The minimum Gasteiger partial charge on any atom is -0.355 e. The Hall–Kier alpha value is -2.18. The zero-order valence-corrected chi connectivity index (χ0v) is 18.6. The SMILES string of the molecule is Cc1noc2nc(CCC(=O)NC3CCCCCC3)nc(N3C[C@H](C)C[C@@H](C)C3)c12. The molecule has 7 nitrogen and oxygen atoms in total. The Morgan fingerprint density at radius 3 is 2.50 bits per heavy atom. The molecule has 4 rings (SSSR count). The van der Waals surface area contributed by atoms with Crippen molar-refractivity contribution in [1.29, 1.82) is 0 Å². The van der Waals surface area contributed by atoms with Gasteiger partial charge in [-0.15, -0.1) is 0 Å². The number of fused-ring (bicyclic) bond motifs is 1. The van der Waals surface area contributed by atoms with Crippen LogP contribution in [0.2, 0.25) is 0 Å². The van der Waals surface area contributed by atoms with Crippen LogP contribution in [0.1, 0.15) is 76.7 Å². The number of rotatable bonds is 5. The molecule has 0 radical (unpaired) electrons. The lowest BCUT2D eigenvalue weighted by Gasteiger charge is -2.36. The molecule has 0 unspecified atom stereocenters. The van der Waals surface area contributed by atoms with Crippen LogP contribution in [0.4, 0.5) is 5.82 Å². The van der Waals surface area contributed by atoms with Gasteiger partial charge in [-0.2, -0.15) is 4.98 Å². The number of carbonyl (C=O) groups is 1. The lowest BCUT2D eigenvalue weighted by atomic mass is 9.92. The molecule has 1 N–H and O–H groups in total. The maximum atomic E-state index is 12.5. The van der Waals surface area contributed by atoms with Gasteiger partial charge in [0, 0.05) is 32.0 Å². The first kappa shape index (κ1) is 21.1. The van der Waals surface area contributed by atoms with E-state index in [0.29, 0.717) is 42.3 Å². The highest BCUT2D eigenvalue weighted by Gasteiger charge is 2.27. The Balaban J connectivity index is 1.48. The lowest BCUT2D eigenvalue weighted by molar-refractivity contribution is -0.121. The molecule has 0 spiro atoms. The van der Waals surface area contributed by atoms with Crippen LogP contribution in [-0.2, 0) is 11.2 Å². The van der Waals surface area contributed by atoms with E-state index in [9.17, 15) is 4.79 Å². The predicted molar refractivity (Wildman–Crippen MR) is 117 cm³/mol. The molecule has 1 aliphatic heterocycles. The van der Waals surface area contributed by atoms with E-state index in [-0.39, 0.29) is 5.91 Å². The number of piperidine rings is 1. The smallest absolute Gasteiger partial charge is 0.263 e. The molecule has 1 amide bonds. The van der Waals surface area contributed by atoms with Gasteiger partial charge in [0.05, 0.1) is 5.69 Å². The Morgan fingerprint density at radius 2 is 1.80 bits per heavy atom. The fraction of sp³-hybridized carbons (Fsp3) is 0.739. The summed E-state index contributed by atoms with van der Waals surface area (Å²) < 4.78 is 5.49. The van der Waals surface area contributed by atoms with Crippen LogP contribution >= 0.6 is 0 Å². The summed E-state index contributed by atoms with van der Waals surface area (Å²) in [6, 6.07) is 0.326. The van der Waals surface area contributed by atoms with Gasteiger partial charge in [0.25, 0.3) is 5.71 Å². The maximum absolute atomic E-state index is 12.5. The number of aryl methyl sites for hydroxylation is 2. The molecule has 2 aromatic rings. The molecule has 2 atom stereocenters.